The Morgan fingerprint density at radius 1 is 1.40 bits per heavy atom. The number of hydrogen-bond donors (Lipinski definition) is 3. The summed E-state index contributed by atoms with van der Waals surface area (Å²) in [5.74, 6) is 0.421. The van der Waals surface area contributed by atoms with E-state index in [4.69, 9.17) is 5.11 Å². The molecule has 2 aromatic heterocycles. The van der Waals surface area contributed by atoms with Crippen LogP contribution in [0.1, 0.15) is 32.6 Å². The average molecular weight is 277 g/mol. The van der Waals surface area contributed by atoms with Crippen molar-refractivity contribution in [1.29, 1.82) is 0 Å². The number of aromatic nitrogens is 4. The maximum absolute atomic E-state index is 10.6. The maximum atomic E-state index is 10.6. The summed E-state index contributed by atoms with van der Waals surface area (Å²) in [7, 11) is 0. The summed E-state index contributed by atoms with van der Waals surface area (Å²) >= 11 is 0. The average Bonchev–Trinajstić information content (AvgIpc) is 2.91. The zero-order chi connectivity index (χ0) is 14.4. The van der Waals surface area contributed by atoms with E-state index in [1.54, 1.807) is 6.33 Å². The molecular formula is C13H19N5O2. The molecule has 0 saturated carbocycles. The monoisotopic (exact) mass is 277 g/mol. The van der Waals surface area contributed by atoms with Crippen LogP contribution in [-0.2, 0) is 4.79 Å². The summed E-state index contributed by atoms with van der Waals surface area (Å²) in [5, 5.41) is 12.0. The number of nitrogens with one attached hydrogen (secondary N) is 2. The predicted octanol–water partition coefficient (Wildman–Crippen LogP) is 2.05. The smallest absolute Gasteiger partial charge is 0.303 e. The van der Waals surface area contributed by atoms with Crippen molar-refractivity contribution in [2.24, 2.45) is 5.92 Å². The van der Waals surface area contributed by atoms with Gasteiger partial charge in [0.2, 0.25) is 0 Å². The topological polar surface area (TPSA) is 104 Å². The number of anilines is 1. The number of nitrogens with zero attached hydrogens (tertiary/aromatic N) is 3. The summed E-state index contributed by atoms with van der Waals surface area (Å²) in [6.45, 7) is 2.84. The highest BCUT2D eigenvalue weighted by Gasteiger charge is 2.10. The van der Waals surface area contributed by atoms with Gasteiger partial charge in [-0.1, -0.05) is 13.3 Å². The zero-order valence-corrected chi connectivity index (χ0v) is 11.5. The van der Waals surface area contributed by atoms with Crippen LogP contribution < -0.4 is 5.32 Å². The SMILES string of the molecule is CCC(CCNc1ncnc2nc[nH]c12)CCC(=O)O. The molecule has 0 bridgehead atoms. The number of rotatable bonds is 8. The number of aromatic amines is 1. The van der Waals surface area contributed by atoms with Crippen molar-refractivity contribution in [3.8, 4) is 0 Å². The number of hydrogen-bond acceptors (Lipinski definition) is 5. The van der Waals surface area contributed by atoms with E-state index in [0.29, 0.717) is 11.6 Å². The fourth-order valence-electron chi connectivity index (χ4n) is 2.17. The van der Waals surface area contributed by atoms with Gasteiger partial charge in [-0.3, -0.25) is 4.79 Å². The summed E-state index contributed by atoms with van der Waals surface area (Å²) in [4.78, 5) is 25.9. The Morgan fingerprint density at radius 3 is 3.00 bits per heavy atom. The van der Waals surface area contributed by atoms with Gasteiger partial charge in [0.1, 0.15) is 11.8 Å². The molecule has 0 aliphatic heterocycles. The van der Waals surface area contributed by atoms with Crippen LogP contribution in [-0.4, -0.2) is 37.6 Å². The fourth-order valence-corrected chi connectivity index (χ4v) is 2.17. The van der Waals surface area contributed by atoms with Crippen LogP contribution >= 0.6 is 0 Å². The second kappa shape index (κ2) is 6.83. The Kier molecular flexibility index (Phi) is 4.86. The first-order valence-electron chi connectivity index (χ1n) is 6.80. The minimum absolute atomic E-state index is 0.233. The molecule has 7 nitrogen and oxygen atoms in total. The molecule has 0 aromatic carbocycles. The molecule has 7 heteroatoms. The van der Waals surface area contributed by atoms with E-state index in [2.05, 4.69) is 32.2 Å². The standard InChI is InChI=1S/C13H19N5O2/c1-2-9(3-4-10(19)20)5-6-14-12-11-13(16-7-15-11)18-8-17-12/h7-9H,2-6H2,1H3,(H,19,20)(H2,14,15,16,17,18). The highest BCUT2D eigenvalue weighted by Crippen LogP contribution is 2.18. The van der Waals surface area contributed by atoms with Gasteiger partial charge >= 0.3 is 5.97 Å². The Labute approximate surface area is 116 Å². The number of carboxylic acid groups (broad SMARTS) is 1. The Morgan fingerprint density at radius 2 is 2.25 bits per heavy atom. The third-order valence-electron chi connectivity index (χ3n) is 3.41. The first-order valence-corrected chi connectivity index (χ1v) is 6.80. The van der Waals surface area contributed by atoms with Gasteiger partial charge in [0.05, 0.1) is 6.33 Å². The van der Waals surface area contributed by atoms with Crippen LogP contribution in [0.2, 0.25) is 0 Å². The van der Waals surface area contributed by atoms with E-state index in [1.807, 2.05) is 0 Å². The van der Waals surface area contributed by atoms with E-state index >= 15 is 0 Å². The highest BCUT2D eigenvalue weighted by molar-refractivity contribution is 5.81. The quantitative estimate of drug-likeness (QED) is 0.682. The van der Waals surface area contributed by atoms with E-state index in [9.17, 15) is 4.79 Å². The maximum Gasteiger partial charge on any atom is 0.303 e. The number of fused-ring (bicyclic) bond motifs is 1. The van der Waals surface area contributed by atoms with Gasteiger partial charge < -0.3 is 15.4 Å². The van der Waals surface area contributed by atoms with Crippen LogP contribution in [0.15, 0.2) is 12.7 Å². The third-order valence-corrected chi connectivity index (χ3v) is 3.41. The Balaban J connectivity index is 1.85. The first-order chi connectivity index (χ1) is 9.70. The van der Waals surface area contributed by atoms with E-state index < -0.39 is 5.97 Å². The molecule has 0 amide bonds. The Bertz CT molecular complexity index is 569. The third kappa shape index (κ3) is 3.66. The van der Waals surface area contributed by atoms with Crippen molar-refractivity contribution in [2.45, 2.75) is 32.6 Å². The predicted molar refractivity (Wildman–Crippen MR) is 75.4 cm³/mol. The number of H-pyrrole nitrogens is 1. The number of carboxylic acids is 1. The second-order valence-corrected chi connectivity index (χ2v) is 4.75. The number of aliphatic carboxylic acids is 1. The molecule has 1 atom stereocenters. The summed E-state index contributed by atoms with van der Waals surface area (Å²) in [6, 6.07) is 0. The van der Waals surface area contributed by atoms with Crippen LogP contribution in [0.3, 0.4) is 0 Å². The molecule has 2 aromatic rings. The normalized spacial score (nSPS) is 12.4. The second-order valence-electron chi connectivity index (χ2n) is 4.75. The van der Waals surface area contributed by atoms with Crippen molar-refractivity contribution in [3.05, 3.63) is 12.7 Å². The van der Waals surface area contributed by atoms with Crippen LogP contribution in [0, 0.1) is 5.92 Å². The number of imidazole rings is 1. The van der Waals surface area contributed by atoms with Crippen LogP contribution in [0.4, 0.5) is 5.82 Å². The molecule has 0 spiro atoms. The Hall–Kier alpha value is -2.18. The van der Waals surface area contributed by atoms with Crippen molar-refractivity contribution < 1.29 is 9.90 Å². The molecular weight excluding hydrogens is 258 g/mol. The van der Waals surface area contributed by atoms with E-state index in [-0.39, 0.29) is 6.42 Å². The minimum Gasteiger partial charge on any atom is -0.481 e. The molecule has 0 saturated heterocycles. The minimum atomic E-state index is -0.730. The molecule has 0 aliphatic carbocycles. The van der Waals surface area contributed by atoms with Crippen molar-refractivity contribution in [3.63, 3.8) is 0 Å². The van der Waals surface area contributed by atoms with Crippen LogP contribution in [0.25, 0.3) is 11.2 Å². The van der Waals surface area contributed by atoms with E-state index in [1.165, 1.54) is 6.33 Å². The van der Waals surface area contributed by atoms with Gasteiger partial charge in [-0.2, -0.15) is 0 Å². The first kappa shape index (κ1) is 14.2. The van der Waals surface area contributed by atoms with Gasteiger partial charge in [0, 0.05) is 13.0 Å². The molecule has 3 N–H and O–H groups in total. The van der Waals surface area contributed by atoms with E-state index in [0.717, 1.165) is 37.1 Å². The summed E-state index contributed by atoms with van der Waals surface area (Å²) in [5.41, 5.74) is 1.44. The lowest BCUT2D eigenvalue weighted by atomic mass is 9.97. The van der Waals surface area contributed by atoms with Crippen molar-refractivity contribution in [1.82, 2.24) is 19.9 Å². The molecule has 0 aliphatic rings. The van der Waals surface area contributed by atoms with Gasteiger partial charge in [-0.05, 0) is 18.8 Å². The van der Waals surface area contributed by atoms with Gasteiger partial charge in [-0.15, -0.1) is 0 Å². The summed E-state index contributed by atoms with van der Waals surface area (Å²) < 4.78 is 0. The molecule has 2 rings (SSSR count). The lowest BCUT2D eigenvalue weighted by Gasteiger charge is -2.14. The number of carbonyl (C=O) groups is 1. The highest BCUT2D eigenvalue weighted by atomic mass is 16.4. The lowest BCUT2D eigenvalue weighted by Crippen LogP contribution is -2.11. The fraction of sp³-hybridized carbons (Fsp3) is 0.538. The van der Waals surface area contributed by atoms with Gasteiger partial charge in [0.15, 0.2) is 11.5 Å². The van der Waals surface area contributed by atoms with Crippen molar-refractivity contribution >= 4 is 23.0 Å². The molecule has 108 valence electrons. The molecule has 20 heavy (non-hydrogen) atoms. The molecule has 2 heterocycles. The molecule has 0 radical (unpaired) electrons. The lowest BCUT2D eigenvalue weighted by molar-refractivity contribution is -0.137. The largest absolute Gasteiger partial charge is 0.481 e. The van der Waals surface area contributed by atoms with Crippen molar-refractivity contribution in [2.75, 3.05) is 11.9 Å². The molecule has 1 unspecified atom stereocenters. The summed E-state index contributed by atoms with van der Waals surface area (Å²) in [6.07, 6.45) is 5.93. The van der Waals surface area contributed by atoms with Gasteiger partial charge in [0.25, 0.3) is 0 Å². The van der Waals surface area contributed by atoms with Gasteiger partial charge in [-0.25, -0.2) is 15.0 Å². The molecule has 0 fully saturated rings. The van der Waals surface area contributed by atoms with Crippen LogP contribution in [0.5, 0.6) is 0 Å². The zero-order valence-electron chi connectivity index (χ0n) is 11.5.